The summed E-state index contributed by atoms with van der Waals surface area (Å²) >= 11 is 5.87. The minimum atomic E-state index is -0.858. The normalized spacial score (nSPS) is 11.5. The zero-order valence-electron chi connectivity index (χ0n) is 20.1. The van der Waals surface area contributed by atoms with Crippen LogP contribution in [0, 0.1) is 0 Å². The van der Waals surface area contributed by atoms with Crippen LogP contribution in [0.25, 0.3) is 10.9 Å². The molecular weight excluding hydrogens is 490 g/mol. The molecule has 0 saturated carbocycles. The fraction of sp³-hybridized carbons (Fsp3) is 0.179. The maximum Gasteiger partial charge on any atom is 0.334 e. The van der Waals surface area contributed by atoms with Gasteiger partial charge in [0.25, 0.3) is 0 Å². The Kier molecular flexibility index (Phi) is 8.78. The second kappa shape index (κ2) is 12.6. The van der Waals surface area contributed by atoms with E-state index in [-0.39, 0.29) is 18.7 Å². The fourth-order valence-corrected chi connectivity index (χ4v) is 4.11. The number of hydrogen-bond donors (Lipinski definition) is 5. The van der Waals surface area contributed by atoms with Gasteiger partial charge in [-0.05, 0) is 41.3 Å². The summed E-state index contributed by atoms with van der Waals surface area (Å²) in [6, 6.07) is 22.9. The van der Waals surface area contributed by atoms with E-state index < -0.39 is 18.0 Å². The van der Waals surface area contributed by atoms with Crippen molar-refractivity contribution in [3.05, 3.63) is 107 Å². The Hall–Kier alpha value is -4.30. The minimum absolute atomic E-state index is 0.0657. The number of carbonyl (C=O) groups excluding carboxylic acids is 3. The van der Waals surface area contributed by atoms with Gasteiger partial charge in [-0.15, -0.1) is 0 Å². The molecule has 0 aliphatic carbocycles. The number of aromatic nitrogens is 1. The highest BCUT2D eigenvalue weighted by Crippen LogP contribution is 2.19. The molecule has 3 aromatic carbocycles. The molecule has 0 aliphatic rings. The molecule has 0 aliphatic heterocycles. The highest BCUT2D eigenvalue weighted by molar-refractivity contribution is 6.30. The number of H-pyrrole nitrogens is 1. The van der Waals surface area contributed by atoms with Crippen LogP contribution in [0.5, 0.6) is 0 Å². The number of para-hydroxylation sites is 1. The lowest BCUT2D eigenvalue weighted by Crippen LogP contribution is -2.55. The van der Waals surface area contributed by atoms with Crippen LogP contribution < -0.4 is 21.5 Å². The van der Waals surface area contributed by atoms with Crippen LogP contribution in [-0.4, -0.2) is 35.4 Å². The van der Waals surface area contributed by atoms with E-state index in [1.165, 1.54) is 0 Å². The molecular formula is C28H28ClN5O3. The number of hydrogen-bond acceptors (Lipinski definition) is 3. The number of carbonyl (C=O) groups is 3. The van der Waals surface area contributed by atoms with E-state index in [4.69, 9.17) is 11.6 Å². The van der Waals surface area contributed by atoms with E-state index in [1.54, 1.807) is 24.3 Å². The number of fused-ring (bicyclic) bond motifs is 1. The standard InChI is InChI=1S/C28H28ClN5O3/c29-22-12-10-20(11-13-22)16-26(35)33-34-28(37)32-25(17-21-18-31-24-9-5-4-8-23(21)24)27(36)30-15-14-19-6-2-1-3-7-19/h1-13,18,25,31H,14-17H2,(H,30,36)(H,33,35)(H2,32,34,37)/t25-/m1/s1. The molecule has 1 heterocycles. The summed E-state index contributed by atoms with van der Waals surface area (Å²) in [5.74, 6) is -0.721. The second-order valence-electron chi connectivity index (χ2n) is 8.59. The predicted octanol–water partition coefficient (Wildman–Crippen LogP) is 3.66. The Morgan fingerprint density at radius 1 is 0.838 bits per heavy atom. The molecule has 4 aromatic rings. The first-order chi connectivity index (χ1) is 18.0. The largest absolute Gasteiger partial charge is 0.361 e. The number of aromatic amines is 1. The molecule has 0 radical (unpaired) electrons. The fourth-order valence-electron chi connectivity index (χ4n) is 3.98. The van der Waals surface area contributed by atoms with Crippen LogP contribution in [0.2, 0.25) is 5.02 Å². The Bertz CT molecular complexity index is 1360. The van der Waals surface area contributed by atoms with Gasteiger partial charge < -0.3 is 15.6 Å². The quantitative estimate of drug-likeness (QED) is 0.218. The molecule has 4 amide bonds. The van der Waals surface area contributed by atoms with Gasteiger partial charge in [0.2, 0.25) is 11.8 Å². The van der Waals surface area contributed by atoms with E-state index in [9.17, 15) is 14.4 Å². The van der Waals surface area contributed by atoms with E-state index in [0.717, 1.165) is 27.6 Å². The molecule has 0 bridgehead atoms. The summed E-state index contributed by atoms with van der Waals surface area (Å²) in [6.45, 7) is 0.425. The van der Waals surface area contributed by atoms with Crippen LogP contribution in [0.1, 0.15) is 16.7 Å². The average Bonchev–Trinajstić information content (AvgIpc) is 3.32. The molecule has 1 atom stereocenters. The maximum absolute atomic E-state index is 13.1. The molecule has 0 spiro atoms. The van der Waals surface area contributed by atoms with Gasteiger partial charge in [-0.3, -0.25) is 15.0 Å². The Balaban J connectivity index is 1.36. The first-order valence-corrected chi connectivity index (χ1v) is 12.3. The lowest BCUT2D eigenvalue weighted by molar-refractivity contribution is -0.122. The van der Waals surface area contributed by atoms with Crippen LogP contribution >= 0.6 is 11.6 Å². The van der Waals surface area contributed by atoms with Crippen molar-refractivity contribution in [2.75, 3.05) is 6.54 Å². The molecule has 0 saturated heterocycles. The molecule has 0 unspecified atom stereocenters. The number of rotatable bonds is 9. The molecule has 8 nitrogen and oxygen atoms in total. The smallest absolute Gasteiger partial charge is 0.334 e. The van der Waals surface area contributed by atoms with Crippen molar-refractivity contribution in [1.29, 1.82) is 0 Å². The Morgan fingerprint density at radius 3 is 2.35 bits per heavy atom. The first kappa shape index (κ1) is 25.8. The summed E-state index contributed by atoms with van der Waals surface area (Å²) in [6.07, 6.45) is 2.84. The molecule has 5 N–H and O–H groups in total. The number of halogens is 1. The zero-order valence-corrected chi connectivity index (χ0v) is 20.8. The van der Waals surface area contributed by atoms with Gasteiger partial charge in [-0.2, -0.15) is 0 Å². The highest BCUT2D eigenvalue weighted by atomic mass is 35.5. The van der Waals surface area contributed by atoms with E-state index in [1.807, 2.05) is 60.8 Å². The molecule has 9 heteroatoms. The van der Waals surface area contributed by atoms with Gasteiger partial charge in [0.05, 0.1) is 6.42 Å². The van der Waals surface area contributed by atoms with Gasteiger partial charge in [0.15, 0.2) is 0 Å². The van der Waals surface area contributed by atoms with Gasteiger partial charge in [0, 0.05) is 35.1 Å². The number of hydrazine groups is 1. The van der Waals surface area contributed by atoms with Crippen molar-refractivity contribution >= 4 is 40.3 Å². The number of benzene rings is 3. The minimum Gasteiger partial charge on any atom is -0.361 e. The van der Waals surface area contributed by atoms with E-state index in [0.29, 0.717) is 18.0 Å². The SMILES string of the molecule is O=C(Cc1ccc(Cl)cc1)NNC(=O)N[C@H](Cc1c[nH]c2ccccc12)C(=O)NCCc1ccccc1. The number of nitrogens with one attached hydrogen (secondary N) is 5. The monoisotopic (exact) mass is 517 g/mol. The molecule has 190 valence electrons. The van der Waals surface area contributed by atoms with Crippen LogP contribution in [0.15, 0.2) is 85.1 Å². The van der Waals surface area contributed by atoms with Crippen molar-refractivity contribution in [2.45, 2.75) is 25.3 Å². The van der Waals surface area contributed by atoms with Gasteiger partial charge in [-0.25, -0.2) is 10.2 Å². The third kappa shape index (κ3) is 7.59. The summed E-state index contributed by atoms with van der Waals surface area (Å²) in [5.41, 5.74) is 8.40. The van der Waals surface area contributed by atoms with Crippen molar-refractivity contribution in [2.24, 2.45) is 0 Å². The summed E-state index contributed by atoms with van der Waals surface area (Å²) in [5, 5.41) is 7.15. The lowest BCUT2D eigenvalue weighted by Gasteiger charge is -2.19. The Labute approximate surface area is 219 Å². The average molecular weight is 518 g/mol. The third-order valence-corrected chi connectivity index (χ3v) is 6.12. The van der Waals surface area contributed by atoms with Gasteiger partial charge in [0.1, 0.15) is 6.04 Å². The van der Waals surface area contributed by atoms with Gasteiger partial charge >= 0.3 is 6.03 Å². The number of urea groups is 1. The predicted molar refractivity (Wildman–Crippen MR) is 144 cm³/mol. The van der Waals surface area contributed by atoms with E-state index >= 15 is 0 Å². The number of amides is 4. The zero-order chi connectivity index (χ0) is 26.0. The van der Waals surface area contributed by atoms with Crippen LogP contribution in [0.3, 0.4) is 0 Å². The molecule has 37 heavy (non-hydrogen) atoms. The summed E-state index contributed by atoms with van der Waals surface area (Å²) in [7, 11) is 0. The van der Waals surface area contributed by atoms with Crippen LogP contribution in [-0.2, 0) is 28.9 Å². The van der Waals surface area contributed by atoms with E-state index in [2.05, 4.69) is 26.5 Å². The van der Waals surface area contributed by atoms with Gasteiger partial charge in [-0.1, -0.05) is 72.3 Å². The van der Waals surface area contributed by atoms with Crippen molar-refractivity contribution in [3.8, 4) is 0 Å². The maximum atomic E-state index is 13.1. The van der Waals surface area contributed by atoms with Crippen molar-refractivity contribution in [1.82, 2.24) is 26.5 Å². The first-order valence-electron chi connectivity index (χ1n) is 11.9. The topological polar surface area (TPSA) is 115 Å². The molecule has 4 rings (SSSR count). The van der Waals surface area contributed by atoms with Crippen molar-refractivity contribution in [3.63, 3.8) is 0 Å². The third-order valence-electron chi connectivity index (χ3n) is 5.87. The van der Waals surface area contributed by atoms with Crippen LogP contribution in [0.4, 0.5) is 4.79 Å². The molecule has 0 fully saturated rings. The van der Waals surface area contributed by atoms with Crippen molar-refractivity contribution < 1.29 is 14.4 Å². The Morgan fingerprint density at radius 2 is 1.57 bits per heavy atom. The highest BCUT2D eigenvalue weighted by Gasteiger charge is 2.22. The molecule has 1 aromatic heterocycles. The second-order valence-corrected chi connectivity index (χ2v) is 9.03. The summed E-state index contributed by atoms with van der Waals surface area (Å²) in [4.78, 5) is 41.1. The lowest BCUT2D eigenvalue weighted by atomic mass is 10.0. The summed E-state index contributed by atoms with van der Waals surface area (Å²) < 4.78 is 0.